The van der Waals surface area contributed by atoms with Crippen LogP contribution < -0.4 is 14.8 Å². The third-order valence-corrected chi connectivity index (χ3v) is 5.44. The molecule has 6 nitrogen and oxygen atoms in total. The molecule has 3 aromatic carbocycles. The van der Waals surface area contributed by atoms with Gasteiger partial charge in [0.25, 0.3) is 5.91 Å². The Kier molecular flexibility index (Phi) is 7.86. The fraction of sp³-hybridized carbons (Fsp3) is 0.185. The number of likely N-dealkylation sites (N-methyl/N-ethyl adjacent to an activating group) is 1. The zero-order valence-electron chi connectivity index (χ0n) is 19.2. The van der Waals surface area contributed by atoms with Gasteiger partial charge in [0.1, 0.15) is 11.5 Å². The topological polar surface area (TPSA) is 67.9 Å². The lowest BCUT2D eigenvalue weighted by Crippen LogP contribution is -2.28. The van der Waals surface area contributed by atoms with Crippen LogP contribution in [-0.4, -0.2) is 38.0 Å². The Morgan fingerprint density at radius 3 is 2.39 bits per heavy atom. The second-order valence-electron chi connectivity index (χ2n) is 7.51. The number of carbonyl (C=O) groups is 2. The van der Waals surface area contributed by atoms with Crippen LogP contribution in [0.1, 0.15) is 34.5 Å². The number of rotatable bonds is 8. The minimum atomic E-state index is -0.200. The van der Waals surface area contributed by atoms with Gasteiger partial charge in [-0.1, -0.05) is 30.3 Å². The van der Waals surface area contributed by atoms with Gasteiger partial charge in [0, 0.05) is 36.0 Å². The Hall–Kier alpha value is -4.06. The number of benzene rings is 3. The van der Waals surface area contributed by atoms with Crippen LogP contribution >= 0.6 is 0 Å². The van der Waals surface area contributed by atoms with Crippen molar-refractivity contribution in [1.82, 2.24) is 4.90 Å². The van der Waals surface area contributed by atoms with E-state index in [9.17, 15) is 9.59 Å². The van der Waals surface area contributed by atoms with Gasteiger partial charge in [-0.25, -0.2) is 0 Å². The van der Waals surface area contributed by atoms with Crippen molar-refractivity contribution >= 4 is 23.6 Å². The summed E-state index contributed by atoms with van der Waals surface area (Å²) in [7, 11) is 4.91. The summed E-state index contributed by atoms with van der Waals surface area (Å²) >= 11 is 0. The average molecular weight is 445 g/mol. The van der Waals surface area contributed by atoms with Gasteiger partial charge in [-0.15, -0.1) is 0 Å². The molecule has 0 heterocycles. The number of anilines is 1. The predicted octanol–water partition coefficient (Wildman–Crippen LogP) is 5.19. The minimum absolute atomic E-state index is 0.154. The van der Waals surface area contributed by atoms with Crippen LogP contribution in [0.5, 0.6) is 11.5 Å². The maximum atomic E-state index is 12.8. The molecule has 0 aromatic heterocycles. The summed E-state index contributed by atoms with van der Waals surface area (Å²) in [5.41, 5.74) is 2.94. The number of nitrogens with zero attached hydrogens (tertiary/aromatic N) is 1. The van der Waals surface area contributed by atoms with Gasteiger partial charge in [0.05, 0.1) is 20.3 Å². The van der Waals surface area contributed by atoms with Crippen molar-refractivity contribution in [2.75, 3.05) is 26.6 Å². The number of methoxy groups -OCH3 is 2. The number of amides is 2. The van der Waals surface area contributed by atoms with E-state index in [-0.39, 0.29) is 17.9 Å². The molecular weight excluding hydrogens is 416 g/mol. The largest absolute Gasteiger partial charge is 0.497 e. The molecule has 0 fully saturated rings. The number of nitrogens with one attached hydrogen (secondary N) is 1. The summed E-state index contributed by atoms with van der Waals surface area (Å²) < 4.78 is 10.6. The van der Waals surface area contributed by atoms with E-state index in [1.807, 2.05) is 61.5 Å². The monoisotopic (exact) mass is 444 g/mol. The van der Waals surface area contributed by atoms with Gasteiger partial charge >= 0.3 is 0 Å². The van der Waals surface area contributed by atoms with Crippen molar-refractivity contribution in [3.63, 3.8) is 0 Å². The summed E-state index contributed by atoms with van der Waals surface area (Å²) in [6, 6.07) is 21.8. The van der Waals surface area contributed by atoms with Crippen LogP contribution in [0, 0.1) is 0 Å². The van der Waals surface area contributed by atoms with E-state index in [2.05, 4.69) is 5.32 Å². The first-order valence-corrected chi connectivity index (χ1v) is 10.6. The molecule has 0 bridgehead atoms. The molecule has 3 rings (SSSR count). The lowest BCUT2D eigenvalue weighted by atomic mass is 10.1. The normalized spacial score (nSPS) is 11.6. The molecule has 0 radical (unpaired) electrons. The highest BCUT2D eigenvalue weighted by Gasteiger charge is 2.16. The fourth-order valence-electron chi connectivity index (χ4n) is 3.32. The van der Waals surface area contributed by atoms with Crippen molar-refractivity contribution in [3.05, 3.63) is 95.6 Å². The standard InChI is InChI=1S/C27H28N2O4/c1-19(22-11-8-12-23(17-22)28-27(31)21-9-6-5-7-10-21)29(2)26(30)16-14-20-13-15-24(32-3)18-25(20)33-4/h5-19H,1-4H3,(H,28,31)/b16-14+. The van der Waals surface area contributed by atoms with Gasteiger partial charge in [-0.3, -0.25) is 9.59 Å². The van der Waals surface area contributed by atoms with Gasteiger partial charge in [0.2, 0.25) is 5.91 Å². The predicted molar refractivity (Wildman–Crippen MR) is 131 cm³/mol. The zero-order valence-corrected chi connectivity index (χ0v) is 19.2. The summed E-state index contributed by atoms with van der Waals surface area (Å²) in [5.74, 6) is 0.969. The molecule has 1 N–H and O–H groups in total. The average Bonchev–Trinajstić information content (AvgIpc) is 2.86. The smallest absolute Gasteiger partial charge is 0.255 e. The fourth-order valence-corrected chi connectivity index (χ4v) is 3.32. The van der Waals surface area contributed by atoms with E-state index < -0.39 is 0 Å². The SMILES string of the molecule is COc1ccc(/C=C/C(=O)N(C)C(C)c2cccc(NC(=O)c3ccccc3)c2)c(OC)c1. The van der Waals surface area contributed by atoms with Crippen molar-refractivity contribution < 1.29 is 19.1 Å². The van der Waals surface area contributed by atoms with E-state index in [0.717, 1.165) is 11.1 Å². The van der Waals surface area contributed by atoms with Crippen molar-refractivity contribution in [2.45, 2.75) is 13.0 Å². The van der Waals surface area contributed by atoms with Gasteiger partial charge < -0.3 is 19.7 Å². The number of ether oxygens (including phenoxy) is 2. The van der Waals surface area contributed by atoms with Gasteiger partial charge in [-0.2, -0.15) is 0 Å². The molecule has 0 aliphatic carbocycles. The van der Waals surface area contributed by atoms with Crippen molar-refractivity contribution in [2.24, 2.45) is 0 Å². The molecule has 33 heavy (non-hydrogen) atoms. The first-order chi connectivity index (χ1) is 15.9. The van der Waals surface area contributed by atoms with E-state index >= 15 is 0 Å². The van der Waals surface area contributed by atoms with Gasteiger partial charge in [-0.05, 0) is 55.0 Å². The van der Waals surface area contributed by atoms with E-state index in [0.29, 0.717) is 22.7 Å². The lowest BCUT2D eigenvalue weighted by molar-refractivity contribution is -0.126. The molecule has 2 amide bonds. The third-order valence-electron chi connectivity index (χ3n) is 5.44. The Labute approximate surface area is 194 Å². The molecule has 170 valence electrons. The second-order valence-corrected chi connectivity index (χ2v) is 7.51. The van der Waals surface area contributed by atoms with Crippen LogP contribution in [-0.2, 0) is 4.79 Å². The number of carbonyl (C=O) groups excluding carboxylic acids is 2. The Morgan fingerprint density at radius 1 is 0.939 bits per heavy atom. The molecule has 0 spiro atoms. The first kappa shape index (κ1) is 23.6. The minimum Gasteiger partial charge on any atom is -0.497 e. The third kappa shape index (κ3) is 6.01. The maximum Gasteiger partial charge on any atom is 0.255 e. The Bertz CT molecular complexity index is 1140. The van der Waals surface area contributed by atoms with E-state index in [1.165, 1.54) is 6.08 Å². The summed E-state index contributed by atoms with van der Waals surface area (Å²) in [5, 5.41) is 2.91. The summed E-state index contributed by atoms with van der Waals surface area (Å²) in [6.07, 6.45) is 3.24. The first-order valence-electron chi connectivity index (χ1n) is 10.6. The van der Waals surface area contributed by atoms with Crippen molar-refractivity contribution in [3.8, 4) is 11.5 Å². The molecular formula is C27H28N2O4. The van der Waals surface area contributed by atoms with Crippen LogP contribution in [0.3, 0.4) is 0 Å². The molecule has 0 saturated carbocycles. The Morgan fingerprint density at radius 2 is 1.70 bits per heavy atom. The molecule has 0 aliphatic rings. The molecule has 0 saturated heterocycles. The van der Waals surface area contributed by atoms with E-state index in [4.69, 9.17) is 9.47 Å². The molecule has 3 aromatic rings. The second kappa shape index (κ2) is 11.0. The highest BCUT2D eigenvalue weighted by atomic mass is 16.5. The quantitative estimate of drug-likeness (QED) is 0.486. The van der Waals surface area contributed by atoms with Crippen LogP contribution in [0.4, 0.5) is 5.69 Å². The molecule has 0 aliphatic heterocycles. The molecule has 6 heteroatoms. The zero-order chi connectivity index (χ0) is 23.8. The highest BCUT2D eigenvalue weighted by Crippen LogP contribution is 2.26. The lowest BCUT2D eigenvalue weighted by Gasteiger charge is -2.24. The van der Waals surface area contributed by atoms with Crippen molar-refractivity contribution in [1.29, 1.82) is 0 Å². The van der Waals surface area contributed by atoms with Crippen LogP contribution in [0.25, 0.3) is 6.08 Å². The Balaban J connectivity index is 1.70. The molecule has 1 unspecified atom stereocenters. The number of hydrogen-bond acceptors (Lipinski definition) is 4. The number of hydrogen-bond donors (Lipinski definition) is 1. The molecule has 1 atom stereocenters. The van der Waals surface area contributed by atoms with E-state index in [1.54, 1.807) is 50.4 Å². The maximum absolute atomic E-state index is 12.8. The summed E-state index contributed by atoms with van der Waals surface area (Å²) in [6.45, 7) is 1.94. The van der Waals surface area contributed by atoms with Crippen LogP contribution in [0.2, 0.25) is 0 Å². The van der Waals surface area contributed by atoms with Gasteiger partial charge in [0.15, 0.2) is 0 Å². The highest BCUT2D eigenvalue weighted by molar-refractivity contribution is 6.04. The van der Waals surface area contributed by atoms with Crippen LogP contribution in [0.15, 0.2) is 78.9 Å². The summed E-state index contributed by atoms with van der Waals surface area (Å²) in [4.78, 5) is 26.9.